The maximum Gasteiger partial charge on any atom is 0.308 e. The fraction of sp³-hybridized carbons (Fsp3) is 0.250. The molecule has 16 heavy (non-hydrogen) atoms. The van der Waals surface area contributed by atoms with Gasteiger partial charge in [0.25, 0.3) is 5.56 Å². The predicted molar refractivity (Wildman–Crippen MR) is 69.1 cm³/mol. The van der Waals surface area contributed by atoms with Crippen molar-refractivity contribution in [3.63, 3.8) is 0 Å². The minimum Gasteiger partial charge on any atom is -0.307 e. The third kappa shape index (κ3) is 3.79. The molecule has 2 aromatic heterocycles. The Hall–Kier alpha value is -0.560. The Labute approximate surface area is 109 Å². The van der Waals surface area contributed by atoms with Crippen LogP contribution in [0.2, 0.25) is 8.67 Å². The molecule has 2 heterocycles. The van der Waals surface area contributed by atoms with Gasteiger partial charge in [-0.3, -0.25) is 13.5 Å². The number of nitrogens with zero attached hydrogens (tertiary/aromatic N) is 2. The summed E-state index contributed by atoms with van der Waals surface area (Å²) in [6, 6.07) is 1.40. The number of thiazole rings is 1. The van der Waals surface area contributed by atoms with Gasteiger partial charge in [-0.05, 0) is 11.5 Å². The van der Waals surface area contributed by atoms with Crippen molar-refractivity contribution in [1.29, 1.82) is 0 Å². The molecule has 0 bridgehead atoms. The van der Waals surface area contributed by atoms with Crippen LogP contribution in [-0.4, -0.2) is 8.52 Å². The number of hydrogen-bond donors (Lipinski definition) is 0. The van der Waals surface area contributed by atoms with E-state index in [1.54, 1.807) is 20.3 Å². The van der Waals surface area contributed by atoms with Gasteiger partial charge < -0.3 is 4.57 Å². The maximum atomic E-state index is 10.5. The van der Waals surface area contributed by atoms with Crippen LogP contribution < -0.4 is 10.4 Å². The first-order valence-corrected chi connectivity index (χ1v) is 6.39. The normalized spacial score (nSPS) is 9.75. The van der Waals surface area contributed by atoms with Gasteiger partial charge in [0, 0.05) is 26.4 Å². The first-order valence-electron chi connectivity index (χ1n) is 4.05. The summed E-state index contributed by atoms with van der Waals surface area (Å²) >= 11 is 13.2. The molecule has 0 N–H and O–H groups in total. The highest BCUT2D eigenvalue weighted by Crippen LogP contribution is 2.09. The summed E-state index contributed by atoms with van der Waals surface area (Å²) in [6.45, 7) is 0. The molecule has 0 radical (unpaired) electrons. The average Bonchev–Trinajstić information content (AvgIpc) is 2.58. The molecule has 0 aromatic carbocycles. The molecule has 4 nitrogen and oxygen atoms in total. The maximum absolute atomic E-state index is 10.5. The molecule has 0 atom stereocenters. The lowest BCUT2D eigenvalue weighted by atomic mass is 10.7. The SMILES string of the molecule is Cn1cc(Cl)sc1=O.Cn1sc(Cl)cc1=O. The zero-order valence-electron chi connectivity index (χ0n) is 8.44. The molecule has 8 heteroatoms. The molecule has 0 unspecified atom stereocenters. The van der Waals surface area contributed by atoms with Crippen molar-refractivity contribution >= 4 is 46.1 Å². The van der Waals surface area contributed by atoms with Crippen LogP contribution in [0.4, 0.5) is 0 Å². The van der Waals surface area contributed by atoms with Crippen molar-refractivity contribution in [2.45, 2.75) is 0 Å². The molecule has 0 amide bonds. The van der Waals surface area contributed by atoms with Gasteiger partial charge in [0.15, 0.2) is 0 Å². The van der Waals surface area contributed by atoms with E-state index in [0.29, 0.717) is 8.67 Å². The summed E-state index contributed by atoms with van der Waals surface area (Å²) in [5.74, 6) is 0. The van der Waals surface area contributed by atoms with Crippen LogP contribution in [-0.2, 0) is 14.1 Å². The summed E-state index contributed by atoms with van der Waals surface area (Å²) in [5, 5.41) is 0. The fourth-order valence-corrected chi connectivity index (χ4v) is 2.66. The summed E-state index contributed by atoms with van der Waals surface area (Å²) in [7, 11) is 3.35. The molecule has 0 aliphatic rings. The molecule has 88 valence electrons. The highest BCUT2D eigenvalue weighted by Gasteiger charge is 1.94. The molecular weight excluding hydrogens is 291 g/mol. The Morgan fingerprint density at radius 2 is 1.81 bits per heavy atom. The zero-order valence-corrected chi connectivity index (χ0v) is 11.6. The highest BCUT2D eigenvalue weighted by molar-refractivity contribution is 7.13. The number of rotatable bonds is 0. The summed E-state index contributed by atoms with van der Waals surface area (Å²) in [5.41, 5.74) is -0.0417. The number of hydrogen-bond acceptors (Lipinski definition) is 4. The Balaban J connectivity index is 0.000000160. The van der Waals surface area contributed by atoms with Crippen molar-refractivity contribution in [3.05, 3.63) is 41.0 Å². The minimum atomic E-state index is -0.0417. The Bertz CT molecular complexity index is 529. The molecule has 0 aliphatic carbocycles. The Morgan fingerprint density at radius 1 is 1.19 bits per heavy atom. The molecule has 0 saturated heterocycles. The molecule has 0 fully saturated rings. The lowest BCUT2D eigenvalue weighted by molar-refractivity contribution is 0.897. The number of aromatic nitrogens is 2. The van der Waals surface area contributed by atoms with E-state index in [-0.39, 0.29) is 10.4 Å². The summed E-state index contributed by atoms with van der Waals surface area (Å²) in [6.07, 6.45) is 1.59. The van der Waals surface area contributed by atoms with Crippen LogP contribution in [0, 0.1) is 0 Å². The van der Waals surface area contributed by atoms with E-state index < -0.39 is 0 Å². The number of aryl methyl sites for hydroxylation is 2. The monoisotopic (exact) mass is 298 g/mol. The topological polar surface area (TPSA) is 44.0 Å². The van der Waals surface area contributed by atoms with Crippen LogP contribution in [0.15, 0.2) is 21.9 Å². The van der Waals surface area contributed by atoms with E-state index >= 15 is 0 Å². The Morgan fingerprint density at radius 3 is 1.94 bits per heavy atom. The van der Waals surface area contributed by atoms with Crippen molar-refractivity contribution in [3.8, 4) is 0 Å². The van der Waals surface area contributed by atoms with Crippen molar-refractivity contribution in [2.75, 3.05) is 0 Å². The third-order valence-electron chi connectivity index (χ3n) is 1.54. The molecule has 0 spiro atoms. The lowest BCUT2D eigenvalue weighted by Gasteiger charge is -1.77. The van der Waals surface area contributed by atoms with Crippen molar-refractivity contribution in [2.24, 2.45) is 14.1 Å². The molecule has 0 saturated carbocycles. The fourth-order valence-electron chi connectivity index (χ4n) is 0.777. The molecule has 2 rings (SSSR count). The van der Waals surface area contributed by atoms with E-state index in [1.807, 2.05) is 0 Å². The van der Waals surface area contributed by atoms with Gasteiger partial charge in [-0.25, -0.2) is 0 Å². The standard InChI is InChI=1S/2C4H4ClNOS/c1-6-2-3(5)8-4(6)7;1-6-4(7)2-3(5)8-6/h2*2H,1H3. The largest absolute Gasteiger partial charge is 0.308 e. The first-order chi connectivity index (χ1) is 7.40. The van der Waals surface area contributed by atoms with Gasteiger partial charge in [0.05, 0.1) is 0 Å². The van der Waals surface area contributed by atoms with E-state index in [2.05, 4.69) is 0 Å². The third-order valence-corrected chi connectivity index (χ3v) is 3.69. The smallest absolute Gasteiger partial charge is 0.307 e. The second-order valence-corrected chi connectivity index (χ2v) is 6.21. The van der Waals surface area contributed by atoms with Crippen LogP contribution >= 0.6 is 46.1 Å². The van der Waals surface area contributed by atoms with E-state index in [9.17, 15) is 9.59 Å². The molecular formula is C8H8Cl2N2O2S2. The Kier molecular flexibility index (Phi) is 4.79. The van der Waals surface area contributed by atoms with Crippen LogP contribution in [0.3, 0.4) is 0 Å². The van der Waals surface area contributed by atoms with Crippen LogP contribution in [0.25, 0.3) is 0 Å². The van der Waals surface area contributed by atoms with Gasteiger partial charge >= 0.3 is 4.87 Å². The van der Waals surface area contributed by atoms with Crippen LogP contribution in [0.1, 0.15) is 0 Å². The van der Waals surface area contributed by atoms with E-state index in [4.69, 9.17) is 23.2 Å². The number of halogens is 2. The zero-order chi connectivity index (χ0) is 12.3. The van der Waals surface area contributed by atoms with Crippen molar-refractivity contribution < 1.29 is 0 Å². The average molecular weight is 299 g/mol. The van der Waals surface area contributed by atoms with Gasteiger partial charge in [-0.2, -0.15) is 0 Å². The van der Waals surface area contributed by atoms with Crippen molar-refractivity contribution in [1.82, 2.24) is 8.52 Å². The second kappa shape index (κ2) is 5.67. The second-order valence-electron chi connectivity index (χ2n) is 2.79. The van der Waals surface area contributed by atoms with Gasteiger partial charge in [0.2, 0.25) is 0 Å². The molecule has 0 aliphatic heterocycles. The van der Waals surface area contributed by atoms with Gasteiger partial charge in [-0.15, -0.1) is 0 Å². The quantitative estimate of drug-likeness (QED) is 0.748. The summed E-state index contributed by atoms with van der Waals surface area (Å²) < 4.78 is 4.00. The summed E-state index contributed by atoms with van der Waals surface area (Å²) in [4.78, 5) is 21.0. The molecule has 2 aromatic rings. The first kappa shape index (κ1) is 13.5. The van der Waals surface area contributed by atoms with E-state index in [0.717, 1.165) is 11.3 Å². The van der Waals surface area contributed by atoms with Crippen LogP contribution in [0.5, 0.6) is 0 Å². The van der Waals surface area contributed by atoms with Gasteiger partial charge in [-0.1, -0.05) is 34.5 Å². The van der Waals surface area contributed by atoms with E-state index in [1.165, 1.54) is 26.1 Å². The van der Waals surface area contributed by atoms with Gasteiger partial charge in [0.1, 0.15) is 8.67 Å². The lowest BCUT2D eigenvalue weighted by Crippen LogP contribution is -2.05. The highest BCUT2D eigenvalue weighted by atomic mass is 35.5. The minimum absolute atomic E-state index is 0.0185. The predicted octanol–water partition coefficient (Wildman–Crippen LogP) is 2.20.